The summed E-state index contributed by atoms with van der Waals surface area (Å²) in [6, 6.07) is 3.90. The summed E-state index contributed by atoms with van der Waals surface area (Å²) in [6.07, 6.45) is -0.0868. The molecule has 13 heavy (non-hydrogen) atoms. The van der Waals surface area contributed by atoms with Crippen LogP contribution in [0.5, 0.6) is 5.75 Å². The minimum Gasteiger partial charge on any atom is -0.484 e. The van der Waals surface area contributed by atoms with Gasteiger partial charge in [-0.25, -0.2) is 9.71 Å². The maximum absolute atomic E-state index is 13.0. The third kappa shape index (κ3) is 1.62. The summed E-state index contributed by atoms with van der Waals surface area (Å²) in [5.74, 6) is -1.83. The van der Waals surface area contributed by atoms with E-state index in [1.807, 2.05) is 0 Å². The number of ether oxygens (including phenoxy) is 1. The predicted molar refractivity (Wildman–Crippen MR) is 42.6 cm³/mol. The van der Waals surface area contributed by atoms with Crippen LogP contribution in [0.2, 0.25) is 0 Å². The highest BCUT2D eigenvalue weighted by Crippen LogP contribution is 2.21. The summed E-state index contributed by atoms with van der Waals surface area (Å²) < 4.78 is 30.8. The molecule has 69 valence electrons. The molecule has 0 N–H and O–H groups in total. The largest absolute Gasteiger partial charge is 0.484 e. The van der Waals surface area contributed by atoms with Crippen molar-refractivity contribution in [2.75, 3.05) is 13.1 Å². The molecule has 1 aromatic carbocycles. The highest BCUT2D eigenvalue weighted by molar-refractivity contribution is 5.25. The Labute approximate surface area is 74.5 Å². The molecule has 2 nitrogen and oxygen atoms in total. The first kappa shape index (κ1) is 8.44. The lowest BCUT2D eigenvalue weighted by molar-refractivity contribution is 0.131. The van der Waals surface area contributed by atoms with Gasteiger partial charge in [0.25, 0.3) is 0 Å². The van der Waals surface area contributed by atoms with Crippen LogP contribution >= 0.6 is 0 Å². The first-order valence-electron chi connectivity index (χ1n) is 4.01. The Kier molecular flexibility index (Phi) is 2.14. The van der Waals surface area contributed by atoms with Crippen LogP contribution in [0.1, 0.15) is 0 Å². The van der Waals surface area contributed by atoms with Gasteiger partial charge < -0.3 is 4.74 Å². The molecule has 1 fully saturated rings. The Morgan fingerprint density at radius 2 is 2.08 bits per heavy atom. The van der Waals surface area contributed by atoms with Gasteiger partial charge in [-0.15, -0.1) is 0 Å². The van der Waals surface area contributed by atoms with Crippen LogP contribution in [0.4, 0.5) is 8.78 Å². The lowest BCUT2D eigenvalue weighted by atomic mass is 10.2. The van der Waals surface area contributed by atoms with E-state index in [-0.39, 0.29) is 11.9 Å². The zero-order valence-corrected chi connectivity index (χ0v) is 6.84. The summed E-state index contributed by atoms with van der Waals surface area (Å²) in [6.45, 7) is 1.13. The Balaban J connectivity index is 2.14. The minimum absolute atomic E-state index is 0.0279. The smallest absolute Gasteiger partial charge is 0.200 e. The Morgan fingerprint density at radius 3 is 2.69 bits per heavy atom. The topological polar surface area (TPSA) is 23.3 Å². The first-order valence-corrected chi connectivity index (χ1v) is 4.01. The molecule has 0 aromatic heterocycles. The van der Waals surface area contributed by atoms with Crippen molar-refractivity contribution in [3.8, 4) is 5.75 Å². The van der Waals surface area contributed by atoms with E-state index in [4.69, 9.17) is 4.74 Å². The van der Waals surface area contributed by atoms with E-state index >= 15 is 0 Å². The number of hydrogen-bond acceptors (Lipinski definition) is 1. The van der Waals surface area contributed by atoms with Gasteiger partial charge in [0.1, 0.15) is 6.10 Å². The predicted octanol–water partition coefficient (Wildman–Crippen LogP) is 1.33. The second-order valence-electron chi connectivity index (χ2n) is 2.88. The summed E-state index contributed by atoms with van der Waals surface area (Å²) in [7, 11) is 0. The first-order chi connectivity index (χ1) is 6.27. The number of rotatable bonds is 2. The standard InChI is InChI=1S/C9H8F2NO/c10-7-2-1-3-8(9(7)11)13-6-4-12-5-6/h1-3,6H,4-5H2. The van der Waals surface area contributed by atoms with Gasteiger partial charge in [-0.2, -0.15) is 4.39 Å². The van der Waals surface area contributed by atoms with Gasteiger partial charge in [0, 0.05) is 0 Å². The number of halogens is 2. The van der Waals surface area contributed by atoms with Crippen LogP contribution in [-0.4, -0.2) is 19.2 Å². The molecule has 0 atom stereocenters. The third-order valence-corrected chi connectivity index (χ3v) is 1.88. The fraction of sp³-hybridized carbons (Fsp3) is 0.333. The molecule has 1 aliphatic rings. The lowest BCUT2D eigenvalue weighted by Gasteiger charge is -2.26. The van der Waals surface area contributed by atoms with Crippen molar-refractivity contribution in [1.29, 1.82) is 0 Å². The number of nitrogens with zero attached hydrogens (tertiary/aromatic N) is 1. The monoisotopic (exact) mass is 184 g/mol. The van der Waals surface area contributed by atoms with Gasteiger partial charge in [0.15, 0.2) is 11.6 Å². The highest BCUT2D eigenvalue weighted by Gasteiger charge is 2.21. The second-order valence-corrected chi connectivity index (χ2v) is 2.88. The minimum atomic E-state index is -0.922. The molecule has 0 amide bonds. The molecule has 1 radical (unpaired) electrons. The van der Waals surface area contributed by atoms with E-state index in [1.165, 1.54) is 12.1 Å². The van der Waals surface area contributed by atoms with Crippen LogP contribution in [-0.2, 0) is 0 Å². The Morgan fingerprint density at radius 1 is 1.31 bits per heavy atom. The molecule has 2 rings (SSSR count). The van der Waals surface area contributed by atoms with Crippen molar-refractivity contribution in [1.82, 2.24) is 5.32 Å². The quantitative estimate of drug-likeness (QED) is 0.680. The zero-order valence-electron chi connectivity index (χ0n) is 6.84. The Bertz CT molecular complexity index is 312. The molecule has 0 saturated carbocycles. The van der Waals surface area contributed by atoms with Gasteiger partial charge in [0.2, 0.25) is 5.82 Å². The average Bonchev–Trinajstić information content (AvgIpc) is 2.04. The van der Waals surface area contributed by atoms with Crippen molar-refractivity contribution < 1.29 is 13.5 Å². The molecule has 0 spiro atoms. The van der Waals surface area contributed by atoms with Crippen LogP contribution < -0.4 is 10.1 Å². The fourth-order valence-corrected chi connectivity index (χ4v) is 1.06. The second kappa shape index (κ2) is 3.30. The highest BCUT2D eigenvalue weighted by atomic mass is 19.2. The van der Waals surface area contributed by atoms with Crippen molar-refractivity contribution in [2.45, 2.75) is 6.10 Å². The molecule has 1 saturated heterocycles. The average molecular weight is 184 g/mol. The van der Waals surface area contributed by atoms with Gasteiger partial charge in [-0.1, -0.05) is 6.07 Å². The van der Waals surface area contributed by atoms with Crippen LogP contribution in [0.3, 0.4) is 0 Å². The van der Waals surface area contributed by atoms with Crippen molar-refractivity contribution in [3.05, 3.63) is 29.8 Å². The SMILES string of the molecule is Fc1cccc(OC2C[N]C2)c1F. The maximum Gasteiger partial charge on any atom is 0.200 e. The lowest BCUT2D eigenvalue weighted by Crippen LogP contribution is -2.45. The molecule has 0 bridgehead atoms. The molecule has 4 heteroatoms. The normalized spacial score (nSPS) is 16.8. The fourth-order valence-electron chi connectivity index (χ4n) is 1.06. The van der Waals surface area contributed by atoms with Crippen LogP contribution in [0.15, 0.2) is 18.2 Å². The molecule has 1 aliphatic heterocycles. The van der Waals surface area contributed by atoms with Gasteiger partial charge >= 0.3 is 0 Å². The van der Waals surface area contributed by atoms with Crippen molar-refractivity contribution in [3.63, 3.8) is 0 Å². The Hall–Kier alpha value is -1.16. The summed E-state index contributed by atoms with van der Waals surface area (Å²) in [5.41, 5.74) is 0. The summed E-state index contributed by atoms with van der Waals surface area (Å²) in [5, 5.41) is 3.91. The van der Waals surface area contributed by atoms with E-state index in [9.17, 15) is 8.78 Å². The molecular formula is C9H8F2NO. The van der Waals surface area contributed by atoms with Gasteiger partial charge in [-0.3, -0.25) is 0 Å². The van der Waals surface area contributed by atoms with E-state index in [0.29, 0.717) is 13.1 Å². The van der Waals surface area contributed by atoms with E-state index in [1.54, 1.807) is 0 Å². The third-order valence-electron chi connectivity index (χ3n) is 1.88. The molecule has 0 aliphatic carbocycles. The van der Waals surface area contributed by atoms with E-state index in [0.717, 1.165) is 6.07 Å². The van der Waals surface area contributed by atoms with Gasteiger partial charge in [-0.05, 0) is 12.1 Å². The molecule has 1 aromatic rings. The van der Waals surface area contributed by atoms with Crippen LogP contribution in [0, 0.1) is 11.6 Å². The summed E-state index contributed by atoms with van der Waals surface area (Å²) >= 11 is 0. The molecule has 1 heterocycles. The number of benzene rings is 1. The van der Waals surface area contributed by atoms with Crippen LogP contribution in [0.25, 0.3) is 0 Å². The van der Waals surface area contributed by atoms with Crippen molar-refractivity contribution >= 4 is 0 Å². The van der Waals surface area contributed by atoms with Gasteiger partial charge in [0.05, 0.1) is 13.1 Å². The van der Waals surface area contributed by atoms with E-state index < -0.39 is 11.6 Å². The molecular weight excluding hydrogens is 176 g/mol. The maximum atomic E-state index is 13.0. The number of hydrogen-bond donors (Lipinski definition) is 0. The van der Waals surface area contributed by atoms with Crippen molar-refractivity contribution in [2.24, 2.45) is 0 Å². The zero-order chi connectivity index (χ0) is 9.26. The van der Waals surface area contributed by atoms with E-state index in [2.05, 4.69) is 5.32 Å². The summed E-state index contributed by atoms with van der Waals surface area (Å²) in [4.78, 5) is 0. The molecule has 0 unspecified atom stereocenters.